The lowest BCUT2D eigenvalue weighted by Gasteiger charge is -2.12. The van der Waals surface area contributed by atoms with Gasteiger partial charge in [0.25, 0.3) is 0 Å². The number of carbonyl (C=O) groups excluding carboxylic acids is 1. The monoisotopic (exact) mass is 349 g/mol. The number of carbonyl (C=O) groups is 1. The molecule has 0 N–H and O–H groups in total. The molecule has 0 fully saturated rings. The van der Waals surface area contributed by atoms with Crippen LogP contribution in [0.4, 0.5) is 0 Å². The van der Waals surface area contributed by atoms with Crippen molar-refractivity contribution < 1.29 is 14.3 Å². The quantitative estimate of drug-likeness (QED) is 0.592. The Hall–Kier alpha value is -2.22. The number of nitriles is 1. The van der Waals surface area contributed by atoms with Crippen LogP contribution in [0.25, 0.3) is 0 Å². The molecule has 0 radical (unpaired) electrons. The standard InChI is InChI=1S/C17H13Cl2NO3/c1-2-22-15-8-12(10-20)7-14(19)17(15)23-16(21)9-11-3-5-13(18)6-4-11/h3-8H,2,9H2,1H3. The zero-order valence-corrected chi connectivity index (χ0v) is 13.8. The maximum Gasteiger partial charge on any atom is 0.315 e. The molecule has 0 amide bonds. The van der Waals surface area contributed by atoms with Crippen LogP contribution < -0.4 is 9.47 Å². The molecule has 23 heavy (non-hydrogen) atoms. The van der Waals surface area contributed by atoms with Crippen LogP contribution in [-0.4, -0.2) is 12.6 Å². The minimum absolute atomic E-state index is 0.0685. The van der Waals surface area contributed by atoms with E-state index in [0.29, 0.717) is 17.2 Å². The molecule has 0 saturated heterocycles. The first kappa shape index (κ1) is 17.1. The average Bonchev–Trinajstić information content (AvgIpc) is 2.53. The number of ether oxygens (including phenoxy) is 2. The topological polar surface area (TPSA) is 59.3 Å². The highest BCUT2D eigenvalue weighted by atomic mass is 35.5. The van der Waals surface area contributed by atoms with Crippen LogP contribution >= 0.6 is 23.2 Å². The first-order valence-corrected chi connectivity index (χ1v) is 7.60. The van der Waals surface area contributed by atoms with Crippen LogP contribution in [0.15, 0.2) is 36.4 Å². The van der Waals surface area contributed by atoms with Crippen molar-refractivity contribution in [1.29, 1.82) is 5.26 Å². The summed E-state index contributed by atoms with van der Waals surface area (Å²) < 4.78 is 10.7. The fraction of sp³-hybridized carbons (Fsp3) is 0.176. The smallest absolute Gasteiger partial charge is 0.315 e. The molecule has 6 heteroatoms. The summed E-state index contributed by atoms with van der Waals surface area (Å²) in [6.07, 6.45) is 0.0685. The van der Waals surface area contributed by atoms with Crippen molar-refractivity contribution in [2.75, 3.05) is 6.61 Å². The minimum atomic E-state index is -0.486. The number of hydrogen-bond donors (Lipinski definition) is 0. The van der Waals surface area contributed by atoms with Crippen LogP contribution in [0.5, 0.6) is 11.5 Å². The second-order valence-electron chi connectivity index (χ2n) is 4.61. The highest BCUT2D eigenvalue weighted by molar-refractivity contribution is 6.32. The predicted octanol–water partition coefficient (Wildman–Crippen LogP) is 4.41. The van der Waals surface area contributed by atoms with E-state index in [9.17, 15) is 4.79 Å². The van der Waals surface area contributed by atoms with Crippen LogP contribution in [0.2, 0.25) is 10.0 Å². The molecule has 0 atom stereocenters. The van der Waals surface area contributed by atoms with Gasteiger partial charge in [0.05, 0.1) is 29.7 Å². The Bertz CT molecular complexity index is 752. The van der Waals surface area contributed by atoms with E-state index in [1.165, 1.54) is 12.1 Å². The Kier molecular flexibility index (Phi) is 5.86. The molecule has 0 saturated carbocycles. The van der Waals surface area contributed by atoms with Gasteiger partial charge in [0.15, 0.2) is 11.5 Å². The first-order chi connectivity index (χ1) is 11.0. The Morgan fingerprint density at radius 1 is 1.22 bits per heavy atom. The summed E-state index contributed by atoms with van der Waals surface area (Å²) in [6.45, 7) is 2.14. The molecule has 0 bridgehead atoms. The van der Waals surface area contributed by atoms with E-state index in [0.717, 1.165) is 5.56 Å². The zero-order valence-electron chi connectivity index (χ0n) is 12.3. The fourth-order valence-electron chi connectivity index (χ4n) is 1.91. The highest BCUT2D eigenvalue weighted by Gasteiger charge is 2.16. The number of hydrogen-bond acceptors (Lipinski definition) is 4. The average molecular weight is 350 g/mol. The fourth-order valence-corrected chi connectivity index (χ4v) is 2.29. The van der Waals surface area contributed by atoms with Gasteiger partial charge in [-0.3, -0.25) is 4.79 Å². The molecule has 0 heterocycles. The maximum absolute atomic E-state index is 12.1. The Morgan fingerprint density at radius 2 is 1.91 bits per heavy atom. The summed E-state index contributed by atoms with van der Waals surface area (Å²) in [5, 5.41) is 9.71. The third kappa shape index (κ3) is 4.62. The molecule has 2 aromatic carbocycles. The van der Waals surface area contributed by atoms with Crippen molar-refractivity contribution in [3.05, 3.63) is 57.6 Å². The first-order valence-electron chi connectivity index (χ1n) is 6.85. The number of rotatable bonds is 5. The van der Waals surface area contributed by atoms with Crippen LogP contribution in [0.3, 0.4) is 0 Å². The van der Waals surface area contributed by atoms with Gasteiger partial charge in [-0.25, -0.2) is 0 Å². The van der Waals surface area contributed by atoms with E-state index in [1.807, 2.05) is 6.07 Å². The summed E-state index contributed by atoms with van der Waals surface area (Å²) in [4.78, 5) is 12.1. The molecule has 2 aromatic rings. The summed E-state index contributed by atoms with van der Waals surface area (Å²) in [5.41, 5.74) is 1.10. The second kappa shape index (κ2) is 7.87. The van der Waals surface area contributed by atoms with Crippen LogP contribution in [0, 0.1) is 11.3 Å². The van der Waals surface area contributed by atoms with E-state index in [-0.39, 0.29) is 22.9 Å². The van der Waals surface area contributed by atoms with Crippen LogP contribution in [-0.2, 0) is 11.2 Å². The second-order valence-corrected chi connectivity index (χ2v) is 5.45. The maximum atomic E-state index is 12.1. The van der Waals surface area contributed by atoms with E-state index < -0.39 is 5.97 Å². The van der Waals surface area contributed by atoms with E-state index in [1.54, 1.807) is 31.2 Å². The molecule has 0 aliphatic carbocycles. The SMILES string of the molecule is CCOc1cc(C#N)cc(Cl)c1OC(=O)Cc1ccc(Cl)cc1. The highest BCUT2D eigenvalue weighted by Crippen LogP contribution is 2.36. The molecule has 4 nitrogen and oxygen atoms in total. The van der Waals surface area contributed by atoms with Crippen molar-refractivity contribution in [3.8, 4) is 17.6 Å². The molecule has 0 unspecified atom stereocenters. The van der Waals surface area contributed by atoms with Crippen molar-refractivity contribution in [2.45, 2.75) is 13.3 Å². The van der Waals surface area contributed by atoms with E-state index in [4.69, 9.17) is 37.9 Å². The summed E-state index contributed by atoms with van der Waals surface area (Å²) >= 11 is 11.9. The Balaban J connectivity index is 2.19. The Morgan fingerprint density at radius 3 is 2.52 bits per heavy atom. The van der Waals surface area contributed by atoms with Crippen molar-refractivity contribution in [1.82, 2.24) is 0 Å². The molecule has 0 aromatic heterocycles. The molecule has 0 spiro atoms. The van der Waals surface area contributed by atoms with Gasteiger partial charge in [0.1, 0.15) is 0 Å². The third-order valence-electron chi connectivity index (χ3n) is 2.92. The van der Waals surface area contributed by atoms with Gasteiger partial charge in [-0.2, -0.15) is 5.26 Å². The van der Waals surface area contributed by atoms with Crippen LogP contribution in [0.1, 0.15) is 18.1 Å². The lowest BCUT2D eigenvalue weighted by Crippen LogP contribution is -2.12. The summed E-state index contributed by atoms with van der Waals surface area (Å²) in [7, 11) is 0. The van der Waals surface area contributed by atoms with Gasteiger partial charge >= 0.3 is 5.97 Å². The number of nitrogens with zero attached hydrogens (tertiary/aromatic N) is 1. The zero-order chi connectivity index (χ0) is 16.8. The third-order valence-corrected chi connectivity index (χ3v) is 3.45. The summed E-state index contributed by atoms with van der Waals surface area (Å²) in [6, 6.07) is 11.8. The molecular weight excluding hydrogens is 337 g/mol. The minimum Gasteiger partial charge on any atom is -0.490 e. The molecule has 0 aliphatic rings. The van der Waals surface area contributed by atoms with Gasteiger partial charge in [-0.15, -0.1) is 0 Å². The number of benzene rings is 2. The van der Waals surface area contributed by atoms with Crippen molar-refractivity contribution in [2.24, 2.45) is 0 Å². The van der Waals surface area contributed by atoms with Gasteiger partial charge in [-0.05, 0) is 30.7 Å². The number of esters is 1. The van der Waals surface area contributed by atoms with Gasteiger partial charge in [0.2, 0.25) is 0 Å². The Labute approximate surface area is 144 Å². The molecule has 118 valence electrons. The predicted molar refractivity (Wildman–Crippen MR) is 88.1 cm³/mol. The molecule has 0 aliphatic heterocycles. The van der Waals surface area contributed by atoms with Crippen molar-refractivity contribution in [3.63, 3.8) is 0 Å². The van der Waals surface area contributed by atoms with Gasteiger partial charge in [0, 0.05) is 11.1 Å². The van der Waals surface area contributed by atoms with E-state index >= 15 is 0 Å². The summed E-state index contributed by atoms with van der Waals surface area (Å²) in [5.74, 6) is -0.104. The number of halogens is 2. The van der Waals surface area contributed by atoms with Gasteiger partial charge < -0.3 is 9.47 Å². The van der Waals surface area contributed by atoms with Crippen molar-refractivity contribution >= 4 is 29.2 Å². The lowest BCUT2D eigenvalue weighted by molar-refractivity contribution is -0.133. The largest absolute Gasteiger partial charge is 0.490 e. The molecule has 2 rings (SSSR count). The van der Waals surface area contributed by atoms with Gasteiger partial charge in [-0.1, -0.05) is 35.3 Å². The molecular formula is C17H13Cl2NO3. The lowest BCUT2D eigenvalue weighted by atomic mass is 10.1. The van der Waals surface area contributed by atoms with E-state index in [2.05, 4.69) is 0 Å². The normalized spacial score (nSPS) is 10.0.